The molecule has 1 aliphatic rings. The zero-order valence-corrected chi connectivity index (χ0v) is 12.4. The number of fused-ring (bicyclic) bond motifs is 1. The van der Waals surface area contributed by atoms with Gasteiger partial charge in [0.15, 0.2) is 0 Å². The number of nitrogens with two attached hydrogens (primary N) is 1. The molecule has 0 saturated carbocycles. The lowest BCUT2D eigenvalue weighted by atomic mass is 10.0. The first-order chi connectivity index (χ1) is 10.0. The summed E-state index contributed by atoms with van der Waals surface area (Å²) in [5, 5.41) is 0. The van der Waals surface area contributed by atoms with Crippen molar-refractivity contribution in [3.05, 3.63) is 56.5 Å². The molecular weight excluding hydrogens is 264 g/mol. The summed E-state index contributed by atoms with van der Waals surface area (Å²) in [5.74, 6) is 0.210. The summed E-state index contributed by atoms with van der Waals surface area (Å²) in [6.07, 6.45) is 0.772. The van der Waals surface area contributed by atoms with Crippen LogP contribution in [0, 0.1) is 13.8 Å². The third-order valence-corrected chi connectivity index (χ3v) is 4.14. The topological polar surface area (TPSA) is 75.0 Å². The second-order valence-corrected chi connectivity index (χ2v) is 5.76. The maximum Gasteiger partial charge on any atom is 0.257 e. The van der Waals surface area contributed by atoms with Gasteiger partial charge in [-0.15, -0.1) is 0 Å². The highest BCUT2D eigenvalue weighted by atomic mass is 16.1. The summed E-state index contributed by atoms with van der Waals surface area (Å²) in [5.41, 5.74) is 11.0. The minimum atomic E-state index is -0.109. The van der Waals surface area contributed by atoms with Crippen LogP contribution in [0.4, 0.5) is 5.95 Å². The van der Waals surface area contributed by atoms with Gasteiger partial charge in [-0.25, -0.2) is 4.98 Å². The number of hydrogen-bond donors (Lipinski definition) is 2. The predicted octanol–water partition coefficient (Wildman–Crippen LogP) is 1.53. The molecule has 1 aromatic heterocycles. The normalized spacial score (nSPS) is 15.0. The molecule has 0 saturated heterocycles. The summed E-state index contributed by atoms with van der Waals surface area (Å²) in [6.45, 7) is 6.62. The summed E-state index contributed by atoms with van der Waals surface area (Å²) in [7, 11) is 0. The van der Waals surface area contributed by atoms with E-state index in [0.717, 1.165) is 30.8 Å². The molecule has 0 radical (unpaired) electrons. The van der Waals surface area contributed by atoms with Crippen molar-refractivity contribution in [2.75, 3.05) is 12.3 Å². The molecule has 0 amide bonds. The van der Waals surface area contributed by atoms with Gasteiger partial charge in [-0.3, -0.25) is 14.7 Å². The van der Waals surface area contributed by atoms with Crippen LogP contribution in [0.2, 0.25) is 0 Å². The van der Waals surface area contributed by atoms with Crippen molar-refractivity contribution >= 4 is 5.95 Å². The molecule has 1 aromatic carbocycles. The maximum absolute atomic E-state index is 12.0. The van der Waals surface area contributed by atoms with Crippen molar-refractivity contribution in [2.45, 2.75) is 33.4 Å². The highest BCUT2D eigenvalue weighted by Crippen LogP contribution is 2.18. The van der Waals surface area contributed by atoms with E-state index in [-0.39, 0.29) is 11.5 Å². The molecular formula is C16H20N4O. The fourth-order valence-electron chi connectivity index (χ4n) is 2.80. The molecule has 1 aliphatic heterocycles. The van der Waals surface area contributed by atoms with Crippen molar-refractivity contribution in [2.24, 2.45) is 0 Å². The molecule has 0 aliphatic carbocycles. The molecule has 3 N–H and O–H groups in total. The Kier molecular flexibility index (Phi) is 3.51. The van der Waals surface area contributed by atoms with Gasteiger partial charge in [-0.2, -0.15) is 0 Å². The number of anilines is 1. The van der Waals surface area contributed by atoms with E-state index in [2.05, 4.69) is 46.9 Å². The van der Waals surface area contributed by atoms with Crippen LogP contribution in [0.5, 0.6) is 0 Å². The zero-order chi connectivity index (χ0) is 15.0. The van der Waals surface area contributed by atoms with E-state index in [9.17, 15) is 4.79 Å². The number of H-pyrrole nitrogens is 1. The van der Waals surface area contributed by atoms with Crippen LogP contribution in [0.25, 0.3) is 0 Å². The van der Waals surface area contributed by atoms with Crippen molar-refractivity contribution in [1.82, 2.24) is 14.9 Å². The first-order valence-corrected chi connectivity index (χ1v) is 7.19. The quantitative estimate of drug-likeness (QED) is 0.877. The third-order valence-electron chi connectivity index (χ3n) is 4.14. The Balaban J connectivity index is 1.80. The second-order valence-electron chi connectivity index (χ2n) is 5.76. The number of aromatic nitrogens is 2. The lowest BCUT2D eigenvalue weighted by molar-refractivity contribution is 0.242. The number of benzene rings is 1. The summed E-state index contributed by atoms with van der Waals surface area (Å²) < 4.78 is 0. The average Bonchev–Trinajstić information content (AvgIpc) is 2.43. The molecule has 110 valence electrons. The summed E-state index contributed by atoms with van der Waals surface area (Å²) in [6, 6.07) is 6.53. The van der Waals surface area contributed by atoms with E-state index in [1.165, 1.54) is 16.7 Å². The van der Waals surface area contributed by atoms with Crippen LogP contribution in [-0.2, 0) is 19.5 Å². The van der Waals surface area contributed by atoms with Gasteiger partial charge in [-0.1, -0.05) is 18.2 Å². The maximum atomic E-state index is 12.0. The smallest absolute Gasteiger partial charge is 0.257 e. The summed E-state index contributed by atoms with van der Waals surface area (Å²) in [4.78, 5) is 21.1. The number of aromatic amines is 1. The Morgan fingerprint density at radius 2 is 2.14 bits per heavy atom. The van der Waals surface area contributed by atoms with Crippen LogP contribution >= 0.6 is 0 Å². The first kappa shape index (κ1) is 13.8. The molecule has 0 spiro atoms. The molecule has 5 nitrogen and oxygen atoms in total. The second kappa shape index (κ2) is 5.33. The number of rotatable bonds is 2. The number of nitrogens with zero attached hydrogens (tertiary/aromatic N) is 2. The van der Waals surface area contributed by atoms with Gasteiger partial charge in [0, 0.05) is 26.1 Å². The third kappa shape index (κ3) is 2.83. The van der Waals surface area contributed by atoms with Gasteiger partial charge in [0.05, 0.1) is 11.3 Å². The lowest BCUT2D eigenvalue weighted by Gasteiger charge is -2.27. The van der Waals surface area contributed by atoms with Crippen molar-refractivity contribution in [1.29, 1.82) is 0 Å². The standard InChI is InChI=1S/C16H20N4O/c1-10-3-4-12(7-11(10)2)8-20-6-5-14-13(9-20)15(21)19-16(17)18-14/h3-4,7H,5-6,8-9H2,1-2H3,(H3,17,18,19,21). The highest BCUT2D eigenvalue weighted by molar-refractivity contribution is 5.31. The van der Waals surface area contributed by atoms with Crippen LogP contribution in [0.3, 0.4) is 0 Å². The Morgan fingerprint density at radius 3 is 2.90 bits per heavy atom. The zero-order valence-electron chi connectivity index (χ0n) is 12.4. The van der Waals surface area contributed by atoms with E-state index in [4.69, 9.17) is 5.73 Å². The minimum absolute atomic E-state index is 0.109. The SMILES string of the molecule is Cc1ccc(CN2CCc3nc(N)[nH]c(=O)c3C2)cc1C. The Morgan fingerprint density at radius 1 is 1.33 bits per heavy atom. The molecule has 0 bridgehead atoms. The largest absolute Gasteiger partial charge is 0.369 e. The van der Waals surface area contributed by atoms with Gasteiger partial charge in [0.2, 0.25) is 5.95 Å². The van der Waals surface area contributed by atoms with Crippen LogP contribution in [0.15, 0.2) is 23.0 Å². The molecule has 2 aromatic rings. The lowest BCUT2D eigenvalue weighted by Crippen LogP contribution is -2.35. The van der Waals surface area contributed by atoms with Crippen molar-refractivity contribution in [3.63, 3.8) is 0 Å². The number of aryl methyl sites for hydroxylation is 2. The average molecular weight is 284 g/mol. The monoisotopic (exact) mass is 284 g/mol. The van der Waals surface area contributed by atoms with Gasteiger partial charge >= 0.3 is 0 Å². The minimum Gasteiger partial charge on any atom is -0.369 e. The molecule has 2 heterocycles. The van der Waals surface area contributed by atoms with Crippen molar-refractivity contribution < 1.29 is 0 Å². The number of nitrogen functional groups attached to an aromatic ring is 1. The molecule has 0 fully saturated rings. The fraction of sp³-hybridized carbons (Fsp3) is 0.375. The van der Waals surface area contributed by atoms with Gasteiger partial charge < -0.3 is 5.73 Å². The fourth-order valence-corrected chi connectivity index (χ4v) is 2.80. The van der Waals surface area contributed by atoms with E-state index in [1.54, 1.807) is 0 Å². The van der Waals surface area contributed by atoms with Gasteiger partial charge in [-0.05, 0) is 30.5 Å². The molecule has 3 rings (SSSR count). The molecule has 0 unspecified atom stereocenters. The van der Waals surface area contributed by atoms with Crippen LogP contribution in [-0.4, -0.2) is 21.4 Å². The van der Waals surface area contributed by atoms with E-state index in [0.29, 0.717) is 6.54 Å². The predicted molar refractivity (Wildman–Crippen MR) is 83.0 cm³/mol. The Bertz CT molecular complexity index is 736. The van der Waals surface area contributed by atoms with E-state index >= 15 is 0 Å². The molecule has 21 heavy (non-hydrogen) atoms. The number of nitrogens with one attached hydrogen (secondary N) is 1. The van der Waals surface area contributed by atoms with Gasteiger partial charge in [0.1, 0.15) is 0 Å². The van der Waals surface area contributed by atoms with Gasteiger partial charge in [0.25, 0.3) is 5.56 Å². The van der Waals surface area contributed by atoms with Crippen molar-refractivity contribution in [3.8, 4) is 0 Å². The van der Waals surface area contributed by atoms with Crippen LogP contribution in [0.1, 0.15) is 27.9 Å². The highest BCUT2D eigenvalue weighted by Gasteiger charge is 2.20. The molecule has 5 heteroatoms. The number of hydrogen-bond acceptors (Lipinski definition) is 4. The van der Waals surface area contributed by atoms with Crippen LogP contribution < -0.4 is 11.3 Å². The molecule has 0 atom stereocenters. The Hall–Kier alpha value is -2.14. The van der Waals surface area contributed by atoms with E-state index < -0.39 is 0 Å². The van der Waals surface area contributed by atoms with E-state index in [1.807, 2.05) is 0 Å². The Labute approximate surface area is 123 Å². The first-order valence-electron chi connectivity index (χ1n) is 7.19. The summed E-state index contributed by atoms with van der Waals surface area (Å²) >= 11 is 0.